The van der Waals surface area contributed by atoms with Crippen molar-refractivity contribution in [2.45, 2.75) is 46.6 Å². The molecule has 0 fully saturated rings. The molecule has 7 nitrogen and oxygen atoms in total. The van der Waals surface area contributed by atoms with Gasteiger partial charge in [0.25, 0.3) is 5.56 Å². The summed E-state index contributed by atoms with van der Waals surface area (Å²) in [7, 11) is 0. The number of azo groups is 1. The number of aryl methyl sites for hydroxylation is 5. The zero-order valence-electron chi connectivity index (χ0n) is 17.6. The van der Waals surface area contributed by atoms with Crippen LogP contribution in [0.3, 0.4) is 0 Å². The molecule has 0 saturated heterocycles. The molecule has 3 aromatic rings. The highest BCUT2D eigenvalue weighted by Gasteiger charge is 2.12. The Morgan fingerprint density at radius 2 is 1.70 bits per heavy atom. The van der Waals surface area contributed by atoms with Crippen molar-refractivity contribution in [2.24, 2.45) is 10.2 Å². The van der Waals surface area contributed by atoms with Crippen LogP contribution in [0.4, 0.5) is 11.4 Å². The van der Waals surface area contributed by atoms with E-state index < -0.39 is 0 Å². The zero-order chi connectivity index (χ0) is 21.7. The minimum absolute atomic E-state index is 0.00402. The predicted molar refractivity (Wildman–Crippen MR) is 117 cm³/mol. The Morgan fingerprint density at radius 3 is 2.40 bits per heavy atom. The molecule has 0 amide bonds. The van der Waals surface area contributed by atoms with Crippen LogP contribution in [0.25, 0.3) is 0 Å². The lowest BCUT2D eigenvalue weighted by atomic mass is 9.96. The van der Waals surface area contributed by atoms with E-state index in [0.717, 1.165) is 12.0 Å². The Morgan fingerprint density at radius 1 is 1.00 bits per heavy atom. The fourth-order valence-electron chi connectivity index (χ4n) is 3.57. The van der Waals surface area contributed by atoms with Crippen LogP contribution in [-0.2, 0) is 19.4 Å². The van der Waals surface area contributed by atoms with Crippen LogP contribution in [0, 0.1) is 20.8 Å². The van der Waals surface area contributed by atoms with Crippen molar-refractivity contribution in [2.75, 3.05) is 6.61 Å². The maximum Gasteiger partial charge on any atom is 0.294 e. The standard InChI is InChI=1S/C23H28N4O3/c1-15-7-4-8-16(2)19(15)12-11-18-9-5-10-20(22(18)29)24-25-21-17(3)26-27(23(21)30)13-6-14-28/h4-5,7-10,26,28-29H,6,11-14H2,1-3H3. The smallest absolute Gasteiger partial charge is 0.294 e. The molecule has 0 aliphatic rings. The van der Waals surface area contributed by atoms with Crippen LogP contribution in [-0.4, -0.2) is 26.6 Å². The quantitative estimate of drug-likeness (QED) is 0.482. The minimum atomic E-state index is -0.296. The number of para-hydroxylation sites is 1. The highest BCUT2D eigenvalue weighted by molar-refractivity contribution is 5.55. The molecule has 0 bridgehead atoms. The molecule has 30 heavy (non-hydrogen) atoms. The number of aliphatic hydroxyl groups excluding tert-OH is 1. The molecule has 0 radical (unpaired) electrons. The summed E-state index contributed by atoms with van der Waals surface area (Å²) in [5.74, 6) is 0.0845. The highest BCUT2D eigenvalue weighted by Crippen LogP contribution is 2.32. The van der Waals surface area contributed by atoms with Gasteiger partial charge in [-0.1, -0.05) is 30.3 Å². The highest BCUT2D eigenvalue weighted by atomic mass is 16.3. The van der Waals surface area contributed by atoms with E-state index >= 15 is 0 Å². The van der Waals surface area contributed by atoms with E-state index in [1.165, 1.54) is 21.4 Å². The molecule has 0 aliphatic heterocycles. The number of phenolic OH excluding ortho intramolecular Hbond substituents is 1. The molecule has 7 heteroatoms. The second kappa shape index (κ2) is 9.54. The van der Waals surface area contributed by atoms with Crippen LogP contribution in [0.1, 0.15) is 34.4 Å². The summed E-state index contributed by atoms with van der Waals surface area (Å²) >= 11 is 0. The number of aromatic nitrogens is 2. The molecule has 0 atom stereocenters. The maximum atomic E-state index is 12.4. The normalized spacial score (nSPS) is 11.5. The minimum Gasteiger partial charge on any atom is -0.505 e. The number of aromatic amines is 1. The molecular weight excluding hydrogens is 380 g/mol. The molecule has 1 heterocycles. The van der Waals surface area contributed by atoms with Crippen molar-refractivity contribution in [3.63, 3.8) is 0 Å². The van der Waals surface area contributed by atoms with E-state index in [2.05, 4.69) is 41.3 Å². The molecule has 0 spiro atoms. The summed E-state index contributed by atoms with van der Waals surface area (Å²) in [5.41, 5.74) is 5.39. The Labute approximate surface area is 175 Å². The first-order valence-corrected chi connectivity index (χ1v) is 10.1. The molecule has 0 saturated carbocycles. The van der Waals surface area contributed by atoms with Gasteiger partial charge >= 0.3 is 0 Å². The molecule has 3 rings (SSSR count). The monoisotopic (exact) mass is 408 g/mol. The topological polar surface area (TPSA) is 103 Å². The van der Waals surface area contributed by atoms with Crippen molar-refractivity contribution in [3.8, 4) is 5.75 Å². The number of nitrogens with zero attached hydrogens (tertiary/aromatic N) is 3. The van der Waals surface area contributed by atoms with Crippen molar-refractivity contribution < 1.29 is 10.2 Å². The third-order valence-electron chi connectivity index (χ3n) is 5.29. The van der Waals surface area contributed by atoms with Crippen molar-refractivity contribution >= 4 is 11.4 Å². The average Bonchev–Trinajstić information content (AvgIpc) is 2.99. The van der Waals surface area contributed by atoms with Crippen molar-refractivity contribution in [3.05, 3.63) is 74.7 Å². The summed E-state index contributed by atoms with van der Waals surface area (Å²) in [4.78, 5) is 12.4. The first kappa shape index (κ1) is 21.5. The molecule has 1 aromatic heterocycles. The van der Waals surface area contributed by atoms with E-state index in [0.29, 0.717) is 30.8 Å². The summed E-state index contributed by atoms with van der Waals surface area (Å²) in [6, 6.07) is 11.6. The Hall–Kier alpha value is -3.19. The van der Waals surface area contributed by atoms with Crippen molar-refractivity contribution in [1.82, 2.24) is 9.78 Å². The number of aliphatic hydroxyl groups is 1. The summed E-state index contributed by atoms with van der Waals surface area (Å²) in [6.45, 7) is 6.32. The van der Waals surface area contributed by atoms with Crippen LogP contribution >= 0.6 is 0 Å². The van der Waals surface area contributed by atoms with Gasteiger partial charge in [0, 0.05) is 13.2 Å². The van der Waals surface area contributed by atoms with Crippen LogP contribution in [0.5, 0.6) is 5.75 Å². The van der Waals surface area contributed by atoms with Gasteiger partial charge in [-0.25, -0.2) is 0 Å². The third kappa shape index (κ3) is 4.68. The molecule has 0 aliphatic carbocycles. The van der Waals surface area contributed by atoms with Crippen molar-refractivity contribution in [1.29, 1.82) is 0 Å². The molecule has 0 unspecified atom stereocenters. The first-order valence-electron chi connectivity index (χ1n) is 10.1. The van der Waals surface area contributed by atoms with Crippen LogP contribution in [0.15, 0.2) is 51.4 Å². The molecule has 3 N–H and O–H groups in total. The summed E-state index contributed by atoms with van der Waals surface area (Å²) in [5, 5.41) is 30.8. The average molecular weight is 409 g/mol. The Bertz CT molecular complexity index is 1090. The van der Waals surface area contributed by atoms with Crippen LogP contribution < -0.4 is 5.56 Å². The van der Waals surface area contributed by atoms with Gasteiger partial charge in [-0.3, -0.25) is 14.6 Å². The Balaban J connectivity index is 1.80. The van der Waals surface area contributed by atoms with Gasteiger partial charge in [-0.15, -0.1) is 10.2 Å². The predicted octanol–water partition coefficient (Wildman–Crippen LogP) is 4.39. The van der Waals surface area contributed by atoms with E-state index in [9.17, 15) is 9.90 Å². The van der Waals surface area contributed by atoms with Crippen LogP contribution in [0.2, 0.25) is 0 Å². The van der Waals surface area contributed by atoms with E-state index in [-0.39, 0.29) is 23.6 Å². The summed E-state index contributed by atoms with van der Waals surface area (Å²) < 4.78 is 1.40. The number of phenols is 1. The number of benzene rings is 2. The van der Waals surface area contributed by atoms with E-state index in [1.54, 1.807) is 13.0 Å². The second-order valence-electron chi connectivity index (χ2n) is 7.47. The molecular formula is C23H28N4O3. The molecule has 2 aromatic carbocycles. The van der Waals surface area contributed by atoms with Gasteiger partial charge in [0.05, 0.1) is 5.69 Å². The SMILES string of the molecule is Cc1cccc(C)c1CCc1cccc(N=Nc2c(C)[nH]n(CCCO)c2=O)c1O. The van der Waals surface area contributed by atoms with Gasteiger partial charge in [0.2, 0.25) is 0 Å². The second-order valence-corrected chi connectivity index (χ2v) is 7.47. The summed E-state index contributed by atoms with van der Waals surface area (Å²) in [6.07, 6.45) is 1.97. The Kier molecular flexibility index (Phi) is 6.84. The zero-order valence-corrected chi connectivity index (χ0v) is 17.6. The van der Waals surface area contributed by atoms with Gasteiger partial charge in [0.1, 0.15) is 11.4 Å². The number of H-pyrrole nitrogens is 1. The van der Waals surface area contributed by atoms with E-state index in [4.69, 9.17) is 5.11 Å². The first-order chi connectivity index (χ1) is 14.4. The number of nitrogens with one attached hydrogen (secondary N) is 1. The number of hydrogen-bond acceptors (Lipinski definition) is 5. The number of hydrogen-bond donors (Lipinski definition) is 3. The number of aromatic hydroxyl groups is 1. The van der Waals surface area contributed by atoms with Gasteiger partial charge in [-0.05, 0) is 68.4 Å². The van der Waals surface area contributed by atoms with Gasteiger partial charge in [-0.2, -0.15) is 0 Å². The maximum absolute atomic E-state index is 12.4. The van der Waals surface area contributed by atoms with Gasteiger partial charge in [0.15, 0.2) is 5.69 Å². The molecule has 158 valence electrons. The van der Waals surface area contributed by atoms with Gasteiger partial charge < -0.3 is 10.2 Å². The fourth-order valence-corrected chi connectivity index (χ4v) is 3.57. The van der Waals surface area contributed by atoms with E-state index in [1.807, 2.05) is 18.2 Å². The largest absolute Gasteiger partial charge is 0.505 e. The fraction of sp³-hybridized carbons (Fsp3) is 0.348. The number of rotatable bonds is 8. The lowest BCUT2D eigenvalue weighted by Crippen LogP contribution is -2.17. The third-order valence-corrected chi connectivity index (χ3v) is 5.29. The lowest BCUT2D eigenvalue weighted by molar-refractivity contribution is 0.276. The lowest BCUT2D eigenvalue weighted by Gasteiger charge is -2.11.